The molecule has 0 aliphatic heterocycles. The molecule has 0 unspecified atom stereocenters. The second-order valence-electron chi connectivity index (χ2n) is 1.14. The van der Waals surface area contributed by atoms with E-state index in [9.17, 15) is 0 Å². The van der Waals surface area contributed by atoms with Gasteiger partial charge in [-0.3, -0.25) is 0 Å². The zero-order valence-electron chi connectivity index (χ0n) is 3.36. The zero-order chi connectivity index (χ0) is 4.28. The zero-order valence-corrected chi connectivity index (χ0v) is 4.94. The lowest BCUT2D eigenvalue weighted by Crippen LogP contribution is -1.76. The molecule has 0 aliphatic carbocycles. The van der Waals surface area contributed by atoms with Crippen LogP contribution < -0.4 is 0 Å². The monoisotopic (exact) mass is 110 g/mol. The summed E-state index contributed by atoms with van der Waals surface area (Å²) in [5, 5.41) is 0.566. The van der Waals surface area contributed by atoms with Gasteiger partial charge in [0.15, 0.2) is 0 Å². The van der Waals surface area contributed by atoms with E-state index >= 15 is 0 Å². The van der Waals surface area contributed by atoms with Crippen LogP contribution in [0.5, 0.6) is 0 Å². The van der Waals surface area contributed by atoms with Gasteiger partial charge in [0.1, 0.15) is 0 Å². The molecule has 0 amide bonds. The minimum atomic E-state index is 0.566. The van der Waals surface area contributed by atoms with Crippen LogP contribution in [0.4, 0.5) is 0 Å². The third kappa shape index (κ3) is 4.64. The molecule has 0 rings (SSSR count). The van der Waals surface area contributed by atoms with Crippen molar-refractivity contribution < 1.29 is 0 Å². The van der Waals surface area contributed by atoms with Crippen molar-refractivity contribution in [1.29, 1.82) is 0 Å². The van der Waals surface area contributed by atoms with Crippen LogP contribution in [0.25, 0.3) is 0 Å². The normalized spacial score (nSPS) is 9.60. The molecule has 0 spiro atoms. The van der Waals surface area contributed by atoms with E-state index in [1.165, 1.54) is 11.0 Å². The molecule has 0 saturated heterocycles. The molecule has 0 atom stereocenters. The second-order valence-corrected chi connectivity index (χ2v) is 2.79. The molecule has 0 saturated carbocycles. The van der Waals surface area contributed by atoms with Gasteiger partial charge in [-0.1, -0.05) is 24.8 Å². The summed E-state index contributed by atoms with van der Waals surface area (Å²) in [5.74, 6) is 0. The van der Waals surface area contributed by atoms with Crippen molar-refractivity contribution in [2.24, 2.45) is 0 Å². The second kappa shape index (κ2) is 2.86. The van der Waals surface area contributed by atoms with Crippen LogP contribution in [0, 0.1) is 0 Å². The van der Waals surface area contributed by atoms with Crippen molar-refractivity contribution in [3.8, 4) is 0 Å². The summed E-state index contributed by atoms with van der Waals surface area (Å²) in [7, 11) is 6.60. The Hall–Kier alpha value is 0.640. The highest BCUT2D eigenvalue weighted by atomic mass is 35.7. The Kier molecular flexibility index (Phi) is 3.22. The van der Waals surface area contributed by atoms with Crippen molar-refractivity contribution in [1.82, 2.24) is 0 Å². The van der Waals surface area contributed by atoms with Crippen LogP contribution in [0.2, 0.25) is 0 Å². The predicted molar refractivity (Wildman–Crippen MR) is 28.6 cm³/mol. The molecule has 0 aliphatic rings. The van der Waals surface area contributed by atoms with E-state index in [1.54, 1.807) is 0 Å². The third-order valence-corrected chi connectivity index (χ3v) is 1.60. The minimum Gasteiger partial charge on any atom is -0.0530 e. The van der Waals surface area contributed by atoms with Crippen molar-refractivity contribution in [3.05, 3.63) is 0 Å². The topological polar surface area (TPSA) is 0 Å². The summed E-state index contributed by atoms with van der Waals surface area (Å²) in [6.45, 7) is 4.11. The summed E-state index contributed by atoms with van der Waals surface area (Å²) < 4.78 is 0. The first-order chi connectivity index (χ1) is 2.27. The maximum absolute atomic E-state index is 5.25. The van der Waals surface area contributed by atoms with Gasteiger partial charge in [-0.2, -0.15) is 0 Å². The van der Waals surface area contributed by atoms with Crippen LogP contribution >= 0.6 is 21.7 Å². The molecular weight excluding hydrogens is 104 g/mol. The molecule has 0 nitrogen and oxygen atoms in total. The fraction of sp³-hybridized carbons (Fsp3) is 1.00. The van der Waals surface area contributed by atoms with E-state index in [0.717, 1.165) is 0 Å². The molecule has 2 heteroatoms. The largest absolute Gasteiger partial charge is 0.0530 e. The molecule has 5 heavy (non-hydrogen) atoms. The smallest absolute Gasteiger partial charge is 0.0143 e. The van der Waals surface area contributed by atoms with Crippen LogP contribution in [-0.2, 0) is 0 Å². The van der Waals surface area contributed by atoms with Gasteiger partial charge in [-0.25, -0.2) is 0 Å². The standard InChI is InChI=1S/C3H7ClS/c1-3(2)5-4/h3H,1-2H3. The Bertz CT molecular complexity index is 20.9. The summed E-state index contributed by atoms with van der Waals surface area (Å²) in [5.41, 5.74) is 0. The van der Waals surface area contributed by atoms with Crippen LogP contribution in [0.1, 0.15) is 13.8 Å². The van der Waals surface area contributed by atoms with Crippen molar-refractivity contribution >= 4 is 21.7 Å². The maximum atomic E-state index is 5.25. The van der Waals surface area contributed by atoms with E-state index in [0.29, 0.717) is 5.25 Å². The van der Waals surface area contributed by atoms with Gasteiger partial charge in [0.25, 0.3) is 0 Å². The van der Waals surface area contributed by atoms with E-state index in [4.69, 9.17) is 10.7 Å². The van der Waals surface area contributed by atoms with Crippen LogP contribution in [0.15, 0.2) is 0 Å². The SMILES string of the molecule is CC(C)SCl. The third-order valence-electron chi connectivity index (χ3n) is 0.178. The number of hydrogen-bond acceptors (Lipinski definition) is 1. The average molecular weight is 111 g/mol. The highest BCUT2D eigenvalue weighted by Crippen LogP contribution is 2.12. The molecule has 0 aromatic rings. The quantitative estimate of drug-likeness (QED) is 0.499. The lowest BCUT2D eigenvalue weighted by molar-refractivity contribution is 1.12. The first-order valence-corrected chi connectivity index (χ1v) is 3.25. The van der Waals surface area contributed by atoms with Gasteiger partial charge in [0.05, 0.1) is 0 Å². The van der Waals surface area contributed by atoms with Crippen molar-refractivity contribution in [2.75, 3.05) is 0 Å². The molecule has 0 heterocycles. The van der Waals surface area contributed by atoms with Crippen molar-refractivity contribution in [3.63, 3.8) is 0 Å². The average Bonchev–Trinajstić information content (AvgIpc) is 1.38. The Morgan fingerprint density at radius 2 is 1.80 bits per heavy atom. The summed E-state index contributed by atoms with van der Waals surface area (Å²) >= 11 is 0. The molecule has 0 radical (unpaired) electrons. The highest BCUT2D eigenvalue weighted by molar-refractivity contribution is 8.21. The highest BCUT2D eigenvalue weighted by Gasteiger charge is 1.83. The number of hydrogen-bond donors (Lipinski definition) is 0. The predicted octanol–water partition coefficient (Wildman–Crippen LogP) is 2.28. The molecule has 0 N–H and O–H groups in total. The van der Waals surface area contributed by atoms with Gasteiger partial charge in [0, 0.05) is 5.25 Å². The fourth-order valence-electron chi connectivity index (χ4n) is 0. The van der Waals surface area contributed by atoms with Gasteiger partial charge >= 0.3 is 0 Å². The summed E-state index contributed by atoms with van der Waals surface area (Å²) in [6, 6.07) is 0. The van der Waals surface area contributed by atoms with Crippen LogP contribution in [-0.4, -0.2) is 5.25 Å². The van der Waals surface area contributed by atoms with Gasteiger partial charge < -0.3 is 0 Å². The number of halogens is 1. The maximum Gasteiger partial charge on any atom is 0.0143 e. The van der Waals surface area contributed by atoms with E-state index in [2.05, 4.69) is 13.8 Å². The van der Waals surface area contributed by atoms with Gasteiger partial charge in [-0.15, -0.1) is 0 Å². The van der Waals surface area contributed by atoms with Crippen LogP contribution in [0.3, 0.4) is 0 Å². The van der Waals surface area contributed by atoms with E-state index < -0.39 is 0 Å². The van der Waals surface area contributed by atoms with E-state index in [1.807, 2.05) is 0 Å². The lowest BCUT2D eigenvalue weighted by atomic mass is 10.6. The molecule has 0 fully saturated rings. The molecule has 0 bridgehead atoms. The van der Waals surface area contributed by atoms with Gasteiger partial charge in [0.2, 0.25) is 0 Å². The fourth-order valence-corrected chi connectivity index (χ4v) is 0. The minimum absolute atomic E-state index is 0.566. The Labute approximate surface area is 41.4 Å². The first kappa shape index (κ1) is 5.64. The Morgan fingerprint density at radius 1 is 1.60 bits per heavy atom. The lowest BCUT2D eigenvalue weighted by Gasteiger charge is -1.87. The summed E-state index contributed by atoms with van der Waals surface area (Å²) in [4.78, 5) is 0. The Balaban J connectivity index is 2.54. The molecule has 0 aromatic carbocycles. The van der Waals surface area contributed by atoms with Crippen molar-refractivity contribution in [2.45, 2.75) is 19.1 Å². The van der Waals surface area contributed by atoms with Gasteiger partial charge in [-0.05, 0) is 10.7 Å². The Morgan fingerprint density at radius 3 is 1.80 bits per heavy atom. The molecular formula is C3H7ClS. The van der Waals surface area contributed by atoms with E-state index in [-0.39, 0.29) is 0 Å². The molecule has 32 valence electrons. The number of rotatable bonds is 1. The summed E-state index contributed by atoms with van der Waals surface area (Å²) in [6.07, 6.45) is 0. The molecule has 0 aromatic heterocycles. The first-order valence-electron chi connectivity index (χ1n) is 1.54.